The molecule has 1 aromatic rings. The molecular formula is C17H23NO3. The van der Waals surface area contributed by atoms with Crippen molar-refractivity contribution in [2.75, 3.05) is 6.54 Å². The minimum absolute atomic E-state index is 0.0375. The number of rotatable bonds is 6. The molecule has 2 atom stereocenters. The average Bonchev–Trinajstić information content (AvgIpc) is 2.50. The van der Waals surface area contributed by atoms with Crippen molar-refractivity contribution in [2.45, 2.75) is 44.9 Å². The van der Waals surface area contributed by atoms with Crippen LogP contribution in [0.4, 0.5) is 0 Å². The Hall–Kier alpha value is -1.84. The molecule has 0 aliphatic heterocycles. The van der Waals surface area contributed by atoms with Crippen molar-refractivity contribution in [3.8, 4) is 0 Å². The number of fused-ring (bicyclic) bond motifs is 1. The fraction of sp³-hybridized carbons (Fsp3) is 0.529. The van der Waals surface area contributed by atoms with E-state index in [9.17, 15) is 9.59 Å². The summed E-state index contributed by atoms with van der Waals surface area (Å²) >= 11 is 0. The van der Waals surface area contributed by atoms with Crippen LogP contribution in [0.25, 0.3) is 0 Å². The van der Waals surface area contributed by atoms with Crippen molar-refractivity contribution < 1.29 is 14.7 Å². The zero-order chi connectivity index (χ0) is 15.2. The molecule has 0 radical (unpaired) electrons. The molecule has 0 aromatic heterocycles. The van der Waals surface area contributed by atoms with Crippen LogP contribution < -0.4 is 5.32 Å². The topological polar surface area (TPSA) is 66.4 Å². The standard InChI is InChI=1S/C17H23NO3/c1-2-6-13(17(20)21)11-18-16(19)15-10-5-8-12-7-3-4-9-14(12)15/h3-4,7,9,13,15H,2,5-6,8,10-11H2,1H3,(H,18,19)(H,20,21). The van der Waals surface area contributed by atoms with Crippen LogP contribution >= 0.6 is 0 Å². The summed E-state index contributed by atoms with van der Waals surface area (Å²) in [5, 5.41) is 12.0. The molecule has 2 rings (SSSR count). The van der Waals surface area contributed by atoms with Crippen LogP contribution in [0.5, 0.6) is 0 Å². The van der Waals surface area contributed by atoms with Gasteiger partial charge in [0.05, 0.1) is 11.8 Å². The van der Waals surface area contributed by atoms with E-state index >= 15 is 0 Å². The first-order chi connectivity index (χ1) is 10.1. The Bertz CT molecular complexity index is 513. The molecule has 1 aliphatic rings. The second-order valence-corrected chi connectivity index (χ2v) is 5.71. The molecule has 0 saturated carbocycles. The van der Waals surface area contributed by atoms with Crippen molar-refractivity contribution in [3.63, 3.8) is 0 Å². The van der Waals surface area contributed by atoms with Crippen LogP contribution in [0.3, 0.4) is 0 Å². The van der Waals surface area contributed by atoms with E-state index in [4.69, 9.17) is 5.11 Å². The number of carboxylic acid groups (broad SMARTS) is 1. The number of hydrogen-bond acceptors (Lipinski definition) is 2. The molecule has 0 fully saturated rings. The summed E-state index contributed by atoms with van der Waals surface area (Å²) < 4.78 is 0. The Morgan fingerprint density at radius 1 is 1.38 bits per heavy atom. The van der Waals surface area contributed by atoms with Gasteiger partial charge in [-0.05, 0) is 36.8 Å². The first-order valence-corrected chi connectivity index (χ1v) is 7.71. The minimum Gasteiger partial charge on any atom is -0.481 e. The zero-order valence-electron chi connectivity index (χ0n) is 12.5. The van der Waals surface area contributed by atoms with Crippen LogP contribution in [0.1, 0.15) is 49.7 Å². The summed E-state index contributed by atoms with van der Waals surface area (Å²) in [4.78, 5) is 23.5. The summed E-state index contributed by atoms with van der Waals surface area (Å²) in [6, 6.07) is 8.05. The van der Waals surface area contributed by atoms with E-state index in [1.165, 1.54) is 5.56 Å². The van der Waals surface area contributed by atoms with Gasteiger partial charge < -0.3 is 10.4 Å². The second kappa shape index (κ2) is 7.25. The largest absolute Gasteiger partial charge is 0.481 e. The van der Waals surface area contributed by atoms with Gasteiger partial charge in [-0.15, -0.1) is 0 Å². The third-order valence-electron chi connectivity index (χ3n) is 4.19. The van der Waals surface area contributed by atoms with E-state index in [2.05, 4.69) is 11.4 Å². The van der Waals surface area contributed by atoms with Crippen LogP contribution in [-0.2, 0) is 16.0 Å². The fourth-order valence-corrected chi connectivity index (χ4v) is 3.03. The number of carbonyl (C=O) groups is 2. The van der Waals surface area contributed by atoms with E-state index in [0.717, 1.165) is 31.2 Å². The highest BCUT2D eigenvalue weighted by atomic mass is 16.4. The molecule has 1 aliphatic carbocycles. The molecule has 0 bridgehead atoms. The molecular weight excluding hydrogens is 266 g/mol. The highest BCUT2D eigenvalue weighted by molar-refractivity contribution is 5.84. The van der Waals surface area contributed by atoms with E-state index in [0.29, 0.717) is 6.42 Å². The number of carboxylic acids is 1. The van der Waals surface area contributed by atoms with Crippen molar-refractivity contribution in [1.29, 1.82) is 0 Å². The molecule has 114 valence electrons. The Balaban J connectivity index is 2.00. The van der Waals surface area contributed by atoms with E-state index in [1.807, 2.05) is 25.1 Å². The van der Waals surface area contributed by atoms with Crippen LogP contribution in [0.2, 0.25) is 0 Å². The van der Waals surface area contributed by atoms with Crippen LogP contribution in [0.15, 0.2) is 24.3 Å². The van der Waals surface area contributed by atoms with Crippen molar-refractivity contribution in [1.82, 2.24) is 5.32 Å². The van der Waals surface area contributed by atoms with E-state index in [-0.39, 0.29) is 18.4 Å². The SMILES string of the molecule is CCCC(CNC(=O)C1CCCc2ccccc21)C(=O)O. The third-order valence-corrected chi connectivity index (χ3v) is 4.19. The number of aryl methyl sites for hydroxylation is 1. The van der Waals surface area contributed by atoms with Crippen LogP contribution in [-0.4, -0.2) is 23.5 Å². The highest BCUT2D eigenvalue weighted by Gasteiger charge is 2.27. The molecule has 0 spiro atoms. The molecule has 4 nitrogen and oxygen atoms in total. The third kappa shape index (κ3) is 3.84. The second-order valence-electron chi connectivity index (χ2n) is 5.71. The maximum atomic E-state index is 12.4. The smallest absolute Gasteiger partial charge is 0.308 e. The number of benzene rings is 1. The van der Waals surface area contributed by atoms with Crippen LogP contribution in [0, 0.1) is 5.92 Å². The van der Waals surface area contributed by atoms with Gasteiger partial charge in [0.2, 0.25) is 5.91 Å². The Kier molecular flexibility index (Phi) is 5.37. The van der Waals surface area contributed by atoms with E-state index < -0.39 is 11.9 Å². The Morgan fingerprint density at radius 3 is 2.86 bits per heavy atom. The van der Waals surface area contributed by atoms with Gasteiger partial charge in [-0.1, -0.05) is 37.6 Å². The fourth-order valence-electron chi connectivity index (χ4n) is 3.03. The molecule has 1 amide bonds. The summed E-state index contributed by atoms with van der Waals surface area (Å²) in [6.45, 7) is 2.18. The molecule has 2 N–H and O–H groups in total. The number of nitrogens with one attached hydrogen (secondary N) is 1. The van der Waals surface area contributed by atoms with Crippen molar-refractivity contribution >= 4 is 11.9 Å². The van der Waals surface area contributed by atoms with Gasteiger partial charge in [-0.25, -0.2) is 0 Å². The summed E-state index contributed by atoms with van der Waals surface area (Å²) in [5.74, 6) is -1.49. The highest BCUT2D eigenvalue weighted by Crippen LogP contribution is 2.31. The lowest BCUT2D eigenvalue weighted by Crippen LogP contribution is -2.37. The number of carbonyl (C=O) groups excluding carboxylic acids is 1. The lowest BCUT2D eigenvalue weighted by molar-refractivity contribution is -0.142. The van der Waals surface area contributed by atoms with Crippen molar-refractivity contribution in [2.24, 2.45) is 5.92 Å². The predicted octanol–water partition coefficient (Wildman–Crippen LogP) is 2.72. The van der Waals surface area contributed by atoms with Gasteiger partial charge >= 0.3 is 5.97 Å². The molecule has 4 heteroatoms. The normalized spacial score (nSPS) is 18.6. The number of amides is 1. The Labute approximate surface area is 125 Å². The summed E-state index contributed by atoms with van der Waals surface area (Å²) in [6.07, 6.45) is 4.27. The van der Waals surface area contributed by atoms with Gasteiger partial charge in [0.15, 0.2) is 0 Å². The van der Waals surface area contributed by atoms with Crippen molar-refractivity contribution in [3.05, 3.63) is 35.4 Å². The number of hydrogen-bond donors (Lipinski definition) is 2. The average molecular weight is 289 g/mol. The van der Waals surface area contributed by atoms with Gasteiger partial charge in [0.25, 0.3) is 0 Å². The predicted molar refractivity (Wildman–Crippen MR) is 81.2 cm³/mol. The Morgan fingerprint density at radius 2 is 2.14 bits per heavy atom. The molecule has 0 saturated heterocycles. The minimum atomic E-state index is -0.832. The van der Waals surface area contributed by atoms with Gasteiger partial charge in [-0.2, -0.15) is 0 Å². The molecule has 0 heterocycles. The quantitative estimate of drug-likeness (QED) is 0.846. The zero-order valence-corrected chi connectivity index (χ0v) is 12.5. The first-order valence-electron chi connectivity index (χ1n) is 7.71. The molecule has 21 heavy (non-hydrogen) atoms. The van der Waals surface area contributed by atoms with Gasteiger partial charge in [-0.3, -0.25) is 9.59 Å². The maximum absolute atomic E-state index is 12.4. The molecule has 1 aromatic carbocycles. The monoisotopic (exact) mass is 289 g/mol. The van der Waals surface area contributed by atoms with E-state index in [1.54, 1.807) is 0 Å². The lowest BCUT2D eigenvalue weighted by atomic mass is 9.82. The van der Waals surface area contributed by atoms with Gasteiger partial charge in [0.1, 0.15) is 0 Å². The van der Waals surface area contributed by atoms with Gasteiger partial charge in [0, 0.05) is 6.54 Å². The summed E-state index contributed by atoms with van der Waals surface area (Å²) in [7, 11) is 0. The summed E-state index contributed by atoms with van der Waals surface area (Å²) in [5.41, 5.74) is 2.34. The number of aliphatic carboxylic acids is 1. The molecule has 2 unspecified atom stereocenters. The first kappa shape index (κ1) is 15.5. The maximum Gasteiger partial charge on any atom is 0.308 e. The lowest BCUT2D eigenvalue weighted by Gasteiger charge is -2.25.